The van der Waals surface area contributed by atoms with Crippen molar-refractivity contribution in [3.05, 3.63) is 13.9 Å². The Morgan fingerprint density at radius 3 is 2.60 bits per heavy atom. The highest BCUT2D eigenvalue weighted by atomic mass is 79.9. The first-order valence-corrected chi connectivity index (χ1v) is 9.35. The standard InChI is InChI=1S/C14H18Br2N2OS/c1-2-3-4-5-6-7-8-19-14-10-11(17-9-18-14)13(16)20-12(10)15/h9H,2-8H2,1H3. The highest BCUT2D eigenvalue weighted by Gasteiger charge is 2.14. The van der Waals surface area contributed by atoms with Crippen molar-refractivity contribution in [3.63, 3.8) is 0 Å². The van der Waals surface area contributed by atoms with Gasteiger partial charge in [0.1, 0.15) is 11.8 Å². The van der Waals surface area contributed by atoms with Crippen LogP contribution in [0.3, 0.4) is 0 Å². The van der Waals surface area contributed by atoms with Gasteiger partial charge in [-0.1, -0.05) is 39.0 Å². The number of aromatic nitrogens is 2. The molecule has 0 saturated heterocycles. The SMILES string of the molecule is CCCCCCCCOc1ncnc2c(Br)sc(Br)c12. The molecule has 0 fully saturated rings. The number of unbranched alkanes of at least 4 members (excludes halogenated alkanes) is 5. The van der Waals surface area contributed by atoms with Gasteiger partial charge in [0.2, 0.25) is 5.88 Å². The van der Waals surface area contributed by atoms with Gasteiger partial charge in [-0.05, 0) is 38.3 Å². The van der Waals surface area contributed by atoms with Crippen molar-refractivity contribution >= 4 is 54.1 Å². The Hall–Kier alpha value is -0.200. The molecule has 20 heavy (non-hydrogen) atoms. The lowest BCUT2D eigenvalue weighted by molar-refractivity contribution is 0.296. The van der Waals surface area contributed by atoms with Crippen molar-refractivity contribution in [1.29, 1.82) is 0 Å². The first kappa shape index (κ1) is 16.2. The summed E-state index contributed by atoms with van der Waals surface area (Å²) in [5.74, 6) is 0.678. The molecular formula is C14H18Br2N2OS. The summed E-state index contributed by atoms with van der Waals surface area (Å²) in [5.41, 5.74) is 0.912. The fourth-order valence-corrected chi connectivity index (χ4v) is 5.01. The molecule has 0 N–H and O–H groups in total. The highest BCUT2D eigenvalue weighted by Crippen LogP contribution is 2.41. The van der Waals surface area contributed by atoms with Crippen LogP contribution >= 0.6 is 43.2 Å². The van der Waals surface area contributed by atoms with E-state index in [4.69, 9.17) is 4.74 Å². The topological polar surface area (TPSA) is 35.0 Å². The van der Waals surface area contributed by atoms with E-state index in [-0.39, 0.29) is 0 Å². The molecule has 2 aromatic heterocycles. The van der Waals surface area contributed by atoms with Crippen LogP contribution in [0.15, 0.2) is 13.9 Å². The number of rotatable bonds is 8. The molecule has 2 aromatic rings. The van der Waals surface area contributed by atoms with E-state index < -0.39 is 0 Å². The van der Waals surface area contributed by atoms with Crippen LogP contribution in [-0.2, 0) is 0 Å². The molecule has 0 bridgehead atoms. The van der Waals surface area contributed by atoms with E-state index in [1.54, 1.807) is 17.7 Å². The number of fused-ring (bicyclic) bond motifs is 1. The molecule has 0 saturated carbocycles. The van der Waals surface area contributed by atoms with Crippen LogP contribution in [0.1, 0.15) is 45.4 Å². The summed E-state index contributed by atoms with van der Waals surface area (Å²) in [6.45, 7) is 2.96. The van der Waals surface area contributed by atoms with Gasteiger partial charge >= 0.3 is 0 Å². The van der Waals surface area contributed by atoms with Gasteiger partial charge in [0, 0.05) is 0 Å². The van der Waals surface area contributed by atoms with Crippen LogP contribution in [0.4, 0.5) is 0 Å². The lowest BCUT2D eigenvalue weighted by atomic mass is 10.1. The summed E-state index contributed by atoms with van der Waals surface area (Å²) in [4.78, 5) is 8.53. The van der Waals surface area contributed by atoms with Gasteiger partial charge in [-0.2, -0.15) is 0 Å². The molecule has 6 heteroatoms. The molecule has 0 radical (unpaired) electrons. The van der Waals surface area contributed by atoms with Crippen molar-refractivity contribution in [2.75, 3.05) is 6.61 Å². The molecule has 2 rings (SSSR count). The van der Waals surface area contributed by atoms with E-state index in [0.29, 0.717) is 5.88 Å². The molecule has 2 heterocycles. The fraction of sp³-hybridized carbons (Fsp3) is 0.571. The van der Waals surface area contributed by atoms with Gasteiger partial charge in [0.05, 0.1) is 19.6 Å². The Morgan fingerprint density at radius 2 is 1.80 bits per heavy atom. The Kier molecular flexibility index (Phi) is 6.71. The van der Waals surface area contributed by atoms with E-state index >= 15 is 0 Å². The zero-order valence-corrected chi connectivity index (χ0v) is 15.5. The monoisotopic (exact) mass is 420 g/mol. The maximum absolute atomic E-state index is 5.82. The molecule has 0 spiro atoms. The summed E-state index contributed by atoms with van der Waals surface area (Å²) in [6, 6.07) is 0. The Bertz CT molecular complexity index is 559. The predicted molar refractivity (Wildman–Crippen MR) is 91.7 cm³/mol. The van der Waals surface area contributed by atoms with E-state index in [1.165, 1.54) is 32.1 Å². The molecular weight excluding hydrogens is 404 g/mol. The zero-order valence-electron chi connectivity index (χ0n) is 11.5. The number of hydrogen-bond acceptors (Lipinski definition) is 4. The summed E-state index contributed by atoms with van der Waals surface area (Å²) in [6.07, 6.45) is 9.12. The second-order valence-electron chi connectivity index (χ2n) is 4.67. The smallest absolute Gasteiger partial charge is 0.226 e. The quantitative estimate of drug-likeness (QED) is 0.493. The molecule has 0 atom stereocenters. The fourth-order valence-electron chi connectivity index (χ4n) is 2.03. The van der Waals surface area contributed by atoms with Crippen molar-refractivity contribution in [2.24, 2.45) is 0 Å². The third-order valence-electron chi connectivity index (χ3n) is 3.11. The number of thiophene rings is 1. The summed E-state index contributed by atoms with van der Waals surface area (Å²) in [5, 5.41) is 0.968. The third kappa shape index (κ3) is 4.15. The van der Waals surface area contributed by atoms with Gasteiger partial charge in [-0.15, -0.1) is 11.3 Å². The van der Waals surface area contributed by atoms with Gasteiger partial charge in [0.15, 0.2) is 0 Å². The lowest BCUT2D eigenvalue weighted by Crippen LogP contribution is -2.00. The highest BCUT2D eigenvalue weighted by molar-refractivity contribution is 9.12. The lowest BCUT2D eigenvalue weighted by Gasteiger charge is -2.06. The van der Waals surface area contributed by atoms with E-state index in [9.17, 15) is 0 Å². The molecule has 0 aliphatic rings. The summed E-state index contributed by atoms with van der Waals surface area (Å²) in [7, 11) is 0. The van der Waals surface area contributed by atoms with Crippen LogP contribution in [0.5, 0.6) is 5.88 Å². The van der Waals surface area contributed by atoms with E-state index in [0.717, 1.165) is 31.5 Å². The first-order valence-electron chi connectivity index (χ1n) is 6.95. The van der Waals surface area contributed by atoms with Gasteiger partial charge in [-0.25, -0.2) is 9.97 Å². The molecule has 110 valence electrons. The van der Waals surface area contributed by atoms with E-state index in [2.05, 4.69) is 48.8 Å². The number of hydrogen-bond donors (Lipinski definition) is 0. The molecule has 0 aromatic carbocycles. The van der Waals surface area contributed by atoms with Crippen LogP contribution < -0.4 is 4.74 Å². The predicted octanol–water partition coefficient (Wildman–Crippen LogP) is 5.96. The minimum Gasteiger partial charge on any atom is -0.477 e. The van der Waals surface area contributed by atoms with Crippen molar-refractivity contribution in [1.82, 2.24) is 9.97 Å². The zero-order chi connectivity index (χ0) is 14.4. The molecule has 0 unspecified atom stereocenters. The first-order chi connectivity index (χ1) is 9.74. The van der Waals surface area contributed by atoms with Crippen LogP contribution in [0.25, 0.3) is 10.9 Å². The van der Waals surface area contributed by atoms with Crippen LogP contribution in [-0.4, -0.2) is 16.6 Å². The molecule has 0 amide bonds. The maximum Gasteiger partial charge on any atom is 0.226 e. The van der Waals surface area contributed by atoms with Crippen molar-refractivity contribution < 1.29 is 4.74 Å². The Balaban J connectivity index is 1.87. The molecule has 0 aliphatic heterocycles. The minimum absolute atomic E-state index is 0.678. The Morgan fingerprint density at radius 1 is 1.05 bits per heavy atom. The second kappa shape index (κ2) is 8.29. The van der Waals surface area contributed by atoms with Crippen LogP contribution in [0.2, 0.25) is 0 Å². The van der Waals surface area contributed by atoms with Gasteiger partial charge in [0.25, 0.3) is 0 Å². The second-order valence-corrected chi connectivity index (χ2v) is 8.32. The largest absolute Gasteiger partial charge is 0.477 e. The van der Waals surface area contributed by atoms with Gasteiger partial charge < -0.3 is 4.74 Å². The van der Waals surface area contributed by atoms with E-state index in [1.807, 2.05) is 0 Å². The minimum atomic E-state index is 0.678. The summed E-state index contributed by atoms with van der Waals surface area (Å²) >= 11 is 8.66. The molecule has 3 nitrogen and oxygen atoms in total. The van der Waals surface area contributed by atoms with Gasteiger partial charge in [-0.3, -0.25) is 0 Å². The summed E-state index contributed by atoms with van der Waals surface area (Å²) < 4.78 is 7.84. The third-order valence-corrected chi connectivity index (χ3v) is 5.61. The number of halogens is 2. The van der Waals surface area contributed by atoms with Crippen molar-refractivity contribution in [2.45, 2.75) is 45.4 Å². The average Bonchev–Trinajstić information content (AvgIpc) is 2.74. The maximum atomic E-state index is 5.82. The normalized spacial score (nSPS) is 11.2. The Labute approximate surface area is 140 Å². The number of nitrogens with zero attached hydrogens (tertiary/aromatic N) is 2. The molecule has 0 aliphatic carbocycles. The average molecular weight is 422 g/mol. The number of ether oxygens (including phenoxy) is 1. The van der Waals surface area contributed by atoms with Crippen LogP contribution in [0, 0.1) is 0 Å². The van der Waals surface area contributed by atoms with Crippen molar-refractivity contribution in [3.8, 4) is 5.88 Å².